The molecule has 0 spiro atoms. The van der Waals surface area contributed by atoms with E-state index in [9.17, 15) is 4.79 Å². The summed E-state index contributed by atoms with van der Waals surface area (Å²) in [4.78, 5) is 12.6. The van der Waals surface area contributed by atoms with E-state index in [1.807, 2.05) is 12.1 Å². The second-order valence-corrected chi connectivity index (χ2v) is 9.05. The van der Waals surface area contributed by atoms with Crippen LogP contribution in [0.15, 0.2) is 49.0 Å². The van der Waals surface area contributed by atoms with E-state index in [1.54, 1.807) is 0 Å². The van der Waals surface area contributed by atoms with Crippen LogP contribution in [0, 0.1) is 5.92 Å². The van der Waals surface area contributed by atoms with Gasteiger partial charge in [-0.15, -0.1) is 0 Å². The molecule has 1 atom stereocenters. The van der Waals surface area contributed by atoms with Gasteiger partial charge in [-0.2, -0.15) is 0 Å². The number of ether oxygens (including phenoxy) is 1. The largest absolute Gasteiger partial charge is 0.462 e. The summed E-state index contributed by atoms with van der Waals surface area (Å²) in [7, 11) is 0. The lowest BCUT2D eigenvalue weighted by molar-refractivity contribution is -0.136. The van der Waals surface area contributed by atoms with E-state index >= 15 is 0 Å². The fourth-order valence-corrected chi connectivity index (χ4v) is 4.04. The van der Waals surface area contributed by atoms with E-state index in [0.717, 1.165) is 37.7 Å². The highest BCUT2D eigenvalue weighted by molar-refractivity contribution is 6.16. The summed E-state index contributed by atoms with van der Waals surface area (Å²) in [6.45, 7) is 10.8. The fraction of sp³-hybridized carbons (Fsp3) is 0.423. The number of carbonyl (C=O) groups is 1. The molecule has 0 saturated heterocycles. The van der Waals surface area contributed by atoms with Crippen molar-refractivity contribution in [2.24, 2.45) is 11.7 Å². The van der Waals surface area contributed by atoms with Gasteiger partial charge in [0.2, 0.25) is 0 Å². The van der Waals surface area contributed by atoms with E-state index in [4.69, 9.17) is 10.5 Å². The van der Waals surface area contributed by atoms with Crippen molar-refractivity contribution < 1.29 is 9.53 Å². The Morgan fingerprint density at radius 2 is 1.86 bits per heavy atom. The third-order valence-electron chi connectivity index (χ3n) is 5.78. The summed E-state index contributed by atoms with van der Waals surface area (Å²) < 4.78 is 5.55. The third-order valence-corrected chi connectivity index (χ3v) is 5.78. The van der Waals surface area contributed by atoms with E-state index < -0.39 is 0 Å². The van der Waals surface area contributed by atoms with Crippen LogP contribution in [0.1, 0.15) is 63.1 Å². The van der Waals surface area contributed by atoms with Crippen LogP contribution >= 0.6 is 0 Å². The Bertz CT molecular complexity index is 892. The number of hydrogen-bond donors (Lipinski definition) is 1. The number of esters is 1. The molecule has 29 heavy (non-hydrogen) atoms. The van der Waals surface area contributed by atoms with Crippen molar-refractivity contribution in [3.63, 3.8) is 0 Å². The predicted octanol–water partition coefficient (Wildman–Crippen LogP) is 5.75. The smallest absolute Gasteiger partial charge is 0.338 e. The summed E-state index contributed by atoms with van der Waals surface area (Å²) in [5, 5.41) is 0. The highest BCUT2D eigenvalue weighted by atomic mass is 16.5. The number of nitrogens with two attached hydrogens (primary N) is 1. The molecule has 0 aromatic heterocycles. The van der Waals surface area contributed by atoms with Crippen molar-refractivity contribution in [3.05, 3.63) is 65.7 Å². The monoisotopic (exact) mass is 391 g/mol. The topological polar surface area (TPSA) is 52.3 Å². The van der Waals surface area contributed by atoms with Crippen molar-refractivity contribution in [2.45, 2.75) is 58.4 Å². The van der Waals surface area contributed by atoms with Crippen LogP contribution in [0.3, 0.4) is 0 Å². The van der Waals surface area contributed by atoms with Crippen molar-refractivity contribution >= 4 is 11.5 Å². The maximum absolute atomic E-state index is 12.6. The predicted molar refractivity (Wildman–Crippen MR) is 121 cm³/mol. The molecule has 2 aromatic carbocycles. The quantitative estimate of drug-likeness (QED) is 0.373. The van der Waals surface area contributed by atoms with Crippen LogP contribution in [0.2, 0.25) is 0 Å². The zero-order valence-corrected chi connectivity index (χ0v) is 18.0. The number of fused-ring (bicyclic) bond motifs is 3. The number of carbonyl (C=O) groups excluding carboxylic acids is 1. The normalized spacial score (nSPS) is 13.5. The average Bonchev–Trinajstić information content (AvgIpc) is 3.05. The molecule has 0 saturated carbocycles. The van der Waals surface area contributed by atoms with Crippen LogP contribution in [-0.2, 0) is 16.0 Å². The van der Waals surface area contributed by atoms with Crippen molar-refractivity contribution in [2.75, 3.05) is 6.61 Å². The van der Waals surface area contributed by atoms with Gasteiger partial charge in [-0.05, 0) is 66.8 Å². The molecular formula is C26H33NO2. The number of hydrogen-bond acceptors (Lipinski definition) is 3. The molecule has 1 unspecified atom stereocenters. The van der Waals surface area contributed by atoms with E-state index in [-0.39, 0.29) is 11.5 Å². The zero-order chi connectivity index (χ0) is 21.0. The van der Waals surface area contributed by atoms with Crippen LogP contribution in [0.5, 0.6) is 0 Å². The van der Waals surface area contributed by atoms with E-state index in [0.29, 0.717) is 18.1 Å². The molecule has 3 nitrogen and oxygen atoms in total. The minimum absolute atomic E-state index is 0.112. The van der Waals surface area contributed by atoms with Gasteiger partial charge in [-0.25, -0.2) is 4.79 Å². The lowest BCUT2D eigenvalue weighted by Crippen LogP contribution is -2.31. The van der Waals surface area contributed by atoms with Gasteiger partial charge in [0, 0.05) is 5.54 Å². The maximum Gasteiger partial charge on any atom is 0.338 e. The van der Waals surface area contributed by atoms with Crippen LogP contribution in [-0.4, -0.2) is 18.1 Å². The van der Waals surface area contributed by atoms with E-state index in [1.165, 1.54) is 22.3 Å². The standard InChI is InChI=1S/C26H33NO2/c1-18(9-8-15-26(3,4)27)14-16-29-25(28)19(2)21-12-7-13-23-22-11-6-5-10-20(22)17-24(21)23/h5-7,10-13,18H,2,8-9,14-17,27H2,1,3-4H3. The molecule has 0 amide bonds. The summed E-state index contributed by atoms with van der Waals surface area (Å²) in [5.74, 6) is 0.193. The average molecular weight is 392 g/mol. The van der Waals surface area contributed by atoms with Gasteiger partial charge in [0.05, 0.1) is 12.2 Å². The first-order valence-corrected chi connectivity index (χ1v) is 10.6. The van der Waals surface area contributed by atoms with Gasteiger partial charge >= 0.3 is 5.97 Å². The molecule has 3 rings (SSSR count). The summed E-state index contributed by atoms with van der Waals surface area (Å²) in [6, 6.07) is 14.5. The van der Waals surface area contributed by atoms with Gasteiger partial charge in [0.15, 0.2) is 0 Å². The summed E-state index contributed by atoms with van der Waals surface area (Å²) >= 11 is 0. The zero-order valence-electron chi connectivity index (χ0n) is 18.0. The van der Waals surface area contributed by atoms with Gasteiger partial charge in [0.1, 0.15) is 0 Å². The Morgan fingerprint density at radius 1 is 1.14 bits per heavy atom. The number of benzene rings is 2. The van der Waals surface area contributed by atoms with Gasteiger partial charge in [-0.1, -0.05) is 68.8 Å². The van der Waals surface area contributed by atoms with Crippen LogP contribution < -0.4 is 5.73 Å². The summed E-state index contributed by atoms with van der Waals surface area (Å²) in [6.07, 6.45) is 4.91. The Kier molecular flexibility index (Phi) is 6.59. The van der Waals surface area contributed by atoms with Crippen LogP contribution in [0.4, 0.5) is 0 Å². The van der Waals surface area contributed by atoms with Crippen LogP contribution in [0.25, 0.3) is 16.7 Å². The van der Waals surface area contributed by atoms with Crippen molar-refractivity contribution in [3.8, 4) is 11.1 Å². The van der Waals surface area contributed by atoms with Crippen molar-refractivity contribution in [1.82, 2.24) is 0 Å². The molecule has 0 aliphatic heterocycles. The SMILES string of the molecule is C=C(C(=O)OCCC(C)CCCC(C)(C)N)c1cccc2c1Cc1ccccc1-2. The highest BCUT2D eigenvalue weighted by Gasteiger charge is 2.23. The first-order chi connectivity index (χ1) is 13.8. The second kappa shape index (κ2) is 8.96. The second-order valence-electron chi connectivity index (χ2n) is 9.05. The minimum atomic E-state index is -0.315. The van der Waals surface area contributed by atoms with Gasteiger partial charge < -0.3 is 10.5 Å². The molecule has 2 N–H and O–H groups in total. The number of rotatable bonds is 9. The highest BCUT2D eigenvalue weighted by Crippen LogP contribution is 2.39. The molecule has 1 aliphatic carbocycles. The molecule has 154 valence electrons. The first kappa shape index (κ1) is 21.3. The fourth-order valence-electron chi connectivity index (χ4n) is 4.04. The van der Waals surface area contributed by atoms with Crippen molar-refractivity contribution in [1.29, 1.82) is 0 Å². The Hall–Kier alpha value is -2.39. The molecule has 0 heterocycles. The van der Waals surface area contributed by atoms with E-state index in [2.05, 4.69) is 57.7 Å². The minimum Gasteiger partial charge on any atom is -0.462 e. The molecule has 2 aromatic rings. The molecule has 0 bridgehead atoms. The molecule has 0 radical (unpaired) electrons. The molecular weight excluding hydrogens is 358 g/mol. The van der Waals surface area contributed by atoms with Gasteiger partial charge in [-0.3, -0.25) is 0 Å². The molecule has 3 heteroatoms. The Balaban J connectivity index is 1.54. The molecule has 0 fully saturated rings. The summed E-state index contributed by atoms with van der Waals surface area (Å²) in [5.41, 5.74) is 12.2. The molecule has 1 aliphatic rings. The lowest BCUT2D eigenvalue weighted by Gasteiger charge is -2.19. The lowest BCUT2D eigenvalue weighted by atomic mass is 9.94. The maximum atomic E-state index is 12.6. The third kappa shape index (κ3) is 5.36. The Labute approximate surface area is 175 Å². The first-order valence-electron chi connectivity index (χ1n) is 10.6. The van der Waals surface area contributed by atoms with Gasteiger partial charge in [0.25, 0.3) is 0 Å². The Morgan fingerprint density at radius 3 is 2.62 bits per heavy atom.